The fourth-order valence-electron chi connectivity index (χ4n) is 2.45. The average molecular weight is 318 g/mol. The lowest BCUT2D eigenvalue weighted by Crippen LogP contribution is -2.41. The quantitative estimate of drug-likeness (QED) is 0.873. The number of halogens is 1. The smallest absolute Gasteiger partial charge is 0.255 e. The fourth-order valence-corrected chi connectivity index (χ4v) is 2.56. The van der Waals surface area contributed by atoms with Crippen molar-refractivity contribution in [3.05, 3.63) is 53.4 Å². The van der Waals surface area contributed by atoms with Gasteiger partial charge in [-0.25, -0.2) is 4.98 Å². The van der Waals surface area contributed by atoms with Crippen LogP contribution in [0.5, 0.6) is 5.88 Å². The van der Waals surface area contributed by atoms with Gasteiger partial charge in [-0.2, -0.15) is 0 Å². The third-order valence-corrected chi connectivity index (χ3v) is 3.85. The highest BCUT2D eigenvalue weighted by Crippen LogP contribution is 2.19. The van der Waals surface area contributed by atoms with Crippen molar-refractivity contribution in [1.82, 2.24) is 14.9 Å². The Balaban J connectivity index is 1.54. The maximum atomic E-state index is 12.3. The summed E-state index contributed by atoms with van der Waals surface area (Å²) in [6.07, 6.45) is 6.48. The first kappa shape index (κ1) is 14.8. The lowest BCUT2D eigenvalue weighted by atomic mass is 10.1. The predicted molar refractivity (Wildman–Crippen MR) is 83.0 cm³/mol. The minimum absolute atomic E-state index is 0.0242. The summed E-state index contributed by atoms with van der Waals surface area (Å²) in [5, 5.41) is 0.587. The van der Waals surface area contributed by atoms with Gasteiger partial charge in [-0.15, -0.1) is 0 Å². The molecule has 0 radical (unpaired) electrons. The van der Waals surface area contributed by atoms with E-state index in [0.29, 0.717) is 29.6 Å². The van der Waals surface area contributed by atoms with E-state index in [1.807, 2.05) is 4.90 Å². The number of carbonyl (C=O) groups is 1. The number of hydrogen-bond acceptors (Lipinski definition) is 4. The summed E-state index contributed by atoms with van der Waals surface area (Å²) in [5.41, 5.74) is 0.626. The second-order valence-corrected chi connectivity index (χ2v) is 5.60. The summed E-state index contributed by atoms with van der Waals surface area (Å²) in [5.74, 6) is 0.595. The van der Waals surface area contributed by atoms with E-state index in [4.69, 9.17) is 16.3 Å². The molecule has 114 valence electrons. The Kier molecular flexibility index (Phi) is 4.53. The molecule has 1 aliphatic heterocycles. The molecular formula is C16H16ClN3O2. The van der Waals surface area contributed by atoms with E-state index >= 15 is 0 Å². The molecule has 0 atom stereocenters. The summed E-state index contributed by atoms with van der Waals surface area (Å²) in [4.78, 5) is 22.3. The third kappa shape index (κ3) is 3.54. The minimum atomic E-state index is 0.0242. The molecule has 22 heavy (non-hydrogen) atoms. The third-order valence-electron chi connectivity index (χ3n) is 3.63. The van der Waals surface area contributed by atoms with Crippen molar-refractivity contribution in [3.63, 3.8) is 0 Å². The van der Waals surface area contributed by atoms with Crippen molar-refractivity contribution in [1.29, 1.82) is 0 Å². The molecule has 2 aromatic rings. The number of aromatic nitrogens is 2. The zero-order valence-electron chi connectivity index (χ0n) is 12.0. The van der Waals surface area contributed by atoms with Gasteiger partial charge in [-0.05, 0) is 18.2 Å². The van der Waals surface area contributed by atoms with E-state index in [-0.39, 0.29) is 12.0 Å². The van der Waals surface area contributed by atoms with Crippen LogP contribution in [0.2, 0.25) is 5.02 Å². The normalized spacial score (nSPS) is 15.6. The second-order valence-electron chi connectivity index (χ2n) is 5.17. The van der Waals surface area contributed by atoms with Crippen molar-refractivity contribution in [2.24, 2.45) is 0 Å². The highest BCUT2D eigenvalue weighted by atomic mass is 35.5. The van der Waals surface area contributed by atoms with Gasteiger partial charge in [0, 0.05) is 50.6 Å². The number of amides is 1. The van der Waals surface area contributed by atoms with E-state index < -0.39 is 0 Å². The van der Waals surface area contributed by atoms with Crippen molar-refractivity contribution in [2.75, 3.05) is 13.1 Å². The highest BCUT2D eigenvalue weighted by molar-refractivity contribution is 6.30. The van der Waals surface area contributed by atoms with Gasteiger partial charge in [0.2, 0.25) is 5.88 Å². The molecule has 0 spiro atoms. The monoisotopic (exact) mass is 317 g/mol. The van der Waals surface area contributed by atoms with E-state index in [1.165, 1.54) is 0 Å². The maximum absolute atomic E-state index is 12.3. The first-order valence-electron chi connectivity index (χ1n) is 7.20. The van der Waals surface area contributed by atoms with Crippen LogP contribution >= 0.6 is 11.6 Å². The number of rotatable bonds is 3. The van der Waals surface area contributed by atoms with Crippen molar-refractivity contribution in [3.8, 4) is 5.88 Å². The van der Waals surface area contributed by atoms with E-state index in [9.17, 15) is 4.79 Å². The zero-order chi connectivity index (χ0) is 15.4. The largest absolute Gasteiger partial charge is 0.474 e. The molecule has 1 fully saturated rings. The van der Waals surface area contributed by atoms with Crippen LogP contribution in [0.1, 0.15) is 23.2 Å². The molecule has 5 nitrogen and oxygen atoms in total. The first-order chi connectivity index (χ1) is 10.7. The Morgan fingerprint density at radius 3 is 2.68 bits per heavy atom. The molecule has 0 N–H and O–H groups in total. The van der Waals surface area contributed by atoms with Crippen LogP contribution in [0.25, 0.3) is 0 Å². The van der Waals surface area contributed by atoms with Gasteiger partial charge in [-0.3, -0.25) is 9.78 Å². The molecule has 3 heterocycles. The highest BCUT2D eigenvalue weighted by Gasteiger charge is 2.24. The topological polar surface area (TPSA) is 55.3 Å². The van der Waals surface area contributed by atoms with Gasteiger partial charge >= 0.3 is 0 Å². The summed E-state index contributed by atoms with van der Waals surface area (Å²) in [6, 6.07) is 7.07. The molecule has 1 saturated heterocycles. The van der Waals surface area contributed by atoms with E-state index in [0.717, 1.165) is 12.8 Å². The maximum Gasteiger partial charge on any atom is 0.255 e. The van der Waals surface area contributed by atoms with Crippen LogP contribution in [-0.2, 0) is 0 Å². The lowest BCUT2D eigenvalue weighted by Gasteiger charge is -2.31. The number of hydrogen-bond donors (Lipinski definition) is 0. The van der Waals surface area contributed by atoms with E-state index in [2.05, 4.69) is 9.97 Å². The summed E-state index contributed by atoms with van der Waals surface area (Å²) in [6.45, 7) is 1.35. The minimum Gasteiger partial charge on any atom is -0.474 e. The Bertz CT molecular complexity index is 626. The Labute approximate surface area is 133 Å². The molecule has 0 aliphatic carbocycles. The number of pyridine rings is 2. The molecule has 0 saturated carbocycles. The second kappa shape index (κ2) is 6.75. The summed E-state index contributed by atoms with van der Waals surface area (Å²) < 4.78 is 5.82. The van der Waals surface area contributed by atoms with Gasteiger partial charge in [-0.1, -0.05) is 11.6 Å². The van der Waals surface area contributed by atoms with Gasteiger partial charge in [0.15, 0.2) is 0 Å². The van der Waals surface area contributed by atoms with Gasteiger partial charge in [0.25, 0.3) is 5.91 Å². The van der Waals surface area contributed by atoms with Crippen LogP contribution in [-0.4, -0.2) is 40.0 Å². The molecular weight excluding hydrogens is 302 g/mol. The number of piperidine rings is 1. The Morgan fingerprint density at radius 2 is 2.05 bits per heavy atom. The number of ether oxygens (including phenoxy) is 1. The van der Waals surface area contributed by atoms with Gasteiger partial charge in [0.05, 0.1) is 10.6 Å². The van der Waals surface area contributed by atoms with Crippen LogP contribution in [0.15, 0.2) is 42.9 Å². The molecule has 0 bridgehead atoms. The zero-order valence-corrected chi connectivity index (χ0v) is 12.7. The van der Waals surface area contributed by atoms with Crippen LogP contribution in [0.3, 0.4) is 0 Å². The molecule has 0 unspecified atom stereocenters. The molecule has 1 amide bonds. The Hall–Kier alpha value is -2.14. The fraction of sp³-hybridized carbons (Fsp3) is 0.312. The van der Waals surface area contributed by atoms with Crippen LogP contribution < -0.4 is 4.74 Å². The molecule has 1 aliphatic rings. The molecule has 6 heteroatoms. The molecule has 0 aromatic carbocycles. The summed E-state index contributed by atoms with van der Waals surface area (Å²) >= 11 is 5.80. The van der Waals surface area contributed by atoms with Crippen molar-refractivity contribution < 1.29 is 9.53 Å². The SMILES string of the molecule is O=C(c1cccnc1)N1CCC(Oc2ccc(Cl)cn2)CC1. The summed E-state index contributed by atoms with van der Waals surface area (Å²) in [7, 11) is 0. The molecule has 2 aromatic heterocycles. The Morgan fingerprint density at radius 1 is 1.23 bits per heavy atom. The molecule has 3 rings (SSSR count). The predicted octanol–water partition coefficient (Wildman–Crippen LogP) is 2.81. The van der Waals surface area contributed by atoms with Crippen LogP contribution in [0, 0.1) is 0 Å². The van der Waals surface area contributed by atoms with Crippen LogP contribution in [0.4, 0.5) is 0 Å². The lowest BCUT2D eigenvalue weighted by molar-refractivity contribution is 0.0587. The number of carbonyl (C=O) groups excluding carboxylic acids is 1. The average Bonchev–Trinajstić information content (AvgIpc) is 2.58. The van der Waals surface area contributed by atoms with Crippen molar-refractivity contribution >= 4 is 17.5 Å². The van der Waals surface area contributed by atoms with Crippen molar-refractivity contribution in [2.45, 2.75) is 18.9 Å². The van der Waals surface area contributed by atoms with Gasteiger partial charge < -0.3 is 9.64 Å². The van der Waals surface area contributed by atoms with Gasteiger partial charge in [0.1, 0.15) is 6.10 Å². The van der Waals surface area contributed by atoms with E-state index in [1.54, 1.807) is 42.9 Å². The first-order valence-corrected chi connectivity index (χ1v) is 7.58. The standard InChI is InChI=1S/C16H16ClN3O2/c17-13-3-4-15(19-11-13)22-14-5-8-20(9-6-14)16(21)12-2-1-7-18-10-12/h1-4,7,10-11,14H,5-6,8-9H2. The number of likely N-dealkylation sites (tertiary alicyclic amines) is 1. The number of nitrogens with zero attached hydrogens (tertiary/aromatic N) is 3.